The predicted octanol–water partition coefficient (Wildman–Crippen LogP) is 19.4. The summed E-state index contributed by atoms with van der Waals surface area (Å²) in [5.74, 6) is -0.213. The van der Waals surface area contributed by atoms with Gasteiger partial charge in [0.15, 0.2) is 12.6 Å². The third-order valence-corrected chi connectivity index (χ3v) is 19.8. The van der Waals surface area contributed by atoms with E-state index in [1.54, 1.807) is 0 Å². The molecular formula is C87H153NO13. The Morgan fingerprint density at radius 2 is 0.683 bits per heavy atom. The number of amides is 1. The zero-order valence-corrected chi connectivity index (χ0v) is 64.1. The van der Waals surface area contributed by atoms with Crippen molar-refractivity contribution < 1.29 is 64.6 Å². The highest BCUT2D eigenvalue weighted by Gasteiger charge is 2.51. The van der Waals surface area contributed by atoms with Gasteiger partial charge < -0.3 is 65.1 Å². The average Bonchev–Trinajstić information content (AvgIpc) is 0.792. The fourth-order valence-corrected chi connectivity index (χ4v) is 13.2. The molecule has 2 rings (SSSR count). The summed E-state index contributed by atoms with van der Waals surface area (Å²) in [5, 5.41) is 87.9. The molecule has 2 fully saturated rings. The molecule has 101 heavy (non-hydrogen) atoms. The van der Waals surface area contributed by atoms with Crippen LogP contribution in [0, 0.1) is 0 Å². The van der Waals surface area contributed by atoms with Gasteiger partial charge in [0.25, 0.3) is 0 Å². The zero-order chi connectivity index (χ0) is 73.0. The number of hydrogen-bond donors (Lipinski definition) is 9. The van der Waals surface area contributed by atoms with Gasteiger partial charge in [-0.3, -0.25) is 4.79 Å². The van der Waals surface area contributed by atoms with Crippen LogP contribution in [0.3, 0.4) is 0 Å². The molecule has 1 amide bonds. The Hall–Kier alpha value is -3.35. The van der Waals surface area contributed by atoms with Gasteiger partial charge in [0, 0.05) is 6.42 Å². The Morgan fingerprint density at radius 1 is 0.366 bits per heavy atom. The Labute approximate surface area is 616 Å². The lowest BCUT2D eigenvalue weighted by atomic mass is 9.97. The largest absolute Gasteiger partial charge is 0.394 e. The van der Waals surface area contributed by atoms with E-state index in [0.717, 1.165) is 109 Å². The van der Waals surface area contributed by atoms with Crippen LogP contribution in [-0.4, -0.2) is 140 Å². The van der Waals surface area contributed by atoms with Gasteiger partial charge in [-0.15, -0.1) is 0 Å². The molecule has 14 nitrogen and oxygen atoms in total. The summed E-state index contributed by atoms with van der Waals surface area (Å²) in [5.41, 5.74) is 0. The lowest BCUT2D eigenvalue weighted by Gasteiger charge is -2.46. The minimum Gasteiger partial charge on any atom is -0.394 e. The molecule has 2 aliphatic rings. The van der Waals surface area contributed by atoms with E-state index in [1.165, 1.54) is 199 Å². The van der Waals surface area contributed by atoms with E-state index in [4.69, 9.17) is 18.9 Å². The first kappa shape index (κ1) is 93.7. The molecule has 12 unspecified atom stereocenters. The molecular weight excluding hydrogens is 1270 g/mol. The summed E-state index contributed by atoms with van der Waals surface area (Å²) in [6, 6.07) is -0.842. The number of unbranched alkanes of at least 4 members (excludes halogenated alkanes) is 38. The molecule has 584 valence electrons. The normalized spacial score (nSPS) is 22.3. The smallest absolute Gasteiger partial charge is 0.220 e. The van der Waals surface area contributed by atoms with Gasteiger partial charge in [-0.05, 0) is 83.5 Å². The summed E-state index contributed by atoms with van der Waals surface area (Å²) >= 11 is 0. The van der Waals surface area contributed by atoms with Gasteiger partial charge in [0.2, 0.25) is 5.91 Å². The topological polar surface area (TPSA) is 228 Å². The second-order valence-electron chi connectivity index (χ2n) is 28.9. The second kappa shape index (κ2) is 69.7. The monoisotopic (exact) mass is 1420 g/mol. The van der Waals surface area contributed by atoms with E-state index >= 15 is 0 Å². The molecule has 2 saturated heterocycles. The minimum absolute atomic E-state index is 0.213. The predicted molar refractivity (Wildman–Crippen MR) is 419 cm³/mol. The number of rotatable bonds is 69. The highest BCUT2D eigenvalue weighted by molar-refractivity contribution is 5.76. The number of allylic oxidation sites excluding steroid dienone is 18. The maximum Gasteiger partial charge on any atom is 0.220 e. The van der Waals surface area contributed by atoms with Crippen LogP contribution in [0.5, 0.6) is 0 Å². The lowest BCUT2D eigenvalue weighted by Crippen LogP contribution is -2.65. The maximum absolute atomic E-state index is 13.4. The third kappa shape index (κ3) is 52.3. The van der Waals surface area contributed by atoms with Crippen LogP contribution in [-0.2, 0) is 23.7 Å². The highest BCUT2D eigenvalue weighted by Crippen LogP contribution is 2.30. The first-order valence-corrected chi connectivity index (χ1v) is 41.6. The number of carbonyl (C=O) groups is 1. The summed E-state index contributed by atoms with van der Waals surface area (Å²) in [7, 11) is 0. The van der Waals surface area contributed by atoms with E-state index in [2.05, 4.69) is 129 Å². The molecule has 0 aliphatic carbocycles. The molecule has 0 aromatic heterocycles. The Morgan fingerprint density at radius 3 is 1.05 bits per heavy atom. The standard InChI is InChI=1S/C87H153NO13/c1-3-5-7-9-11-13-15-17-19-21-23-25-27-29-31-33-35-36-37-38-39-40-41-43-45-47-49-51-53-55-57-59-61-63-65-67-69-71-79(92)88-75(74-98-86-84(97)82(95)85(78(73-90)100-86)101-87-83(96)81(94)80(93)77(72-89)99-87)76(91)70-68-66-64-62-60-58-56-54-52-50-48-46-44-42-34-32-30-28-26-24-22-20-18-16-14-12-10-8-6-4-2/h5,7,11,13,17,19,23,25,29,31,35-36,38-39,41,43,47,49,75-78,80-87,89-91,93-97H,3-4,6,8-10,12,14-16,18,20-22,24,26-28,30,32-34,37,40,42,44-46,48,50-74H2,1-2H3,(H,88,92)/b7-5-,13-11-,19-17-,25-23-,31-29-,36-35-,39-38-,43-41-,49-47-. The first-order chi connectivity index (χ1) is 49.6. The maximum atomic E-state index is 13.4. The molecule has 2 heterocycles. The Bertz CT molecular complexity index is 2120. The van der Waals surface area contributed by atoms with Gasteiger partial charge in [0.1, 0.15) is 48.8 Å². The summed E-state index contributed by atoms with van der Waals surface area (Å²) in [6.07, 6.45) is 84.1. The molecule has 0 spiro atoms. The molecule has 0 bridgehead atoms. The summed E-state index contributed by atoms with van der Waals surface area (Å²) < 4.78 is 23.0. The highest BCUT2D eigenvalue weighted by atomic mass is 16.7. The Kier molecular flexibility index (Phi) is 64.7. The lowest BCUT2D eigenvalue weighted by molar-refractivity contribution is -0.359. The van der Waals surface area contributed by atoms with Crippen LogP contribution in [0.4, 0.5) is 0 Å². The van der Waals surface area contributed by atoms with Crippen LogP contribution in [0.2, 0.25) is 0 Å². The number of nitrogens with one attached hydrogen (secondary N) is 1. The number of carbonyl (C=O) groups excluding carboxylic acids is 1. The second-order valence-corrected chi connectivity index (χ2v) is 28.9. The number of hydrogen-bond acceptors (Lipinski definition) is 13. The van der Waals surface area contributed by atoms with Crippen LogP contribution >= 0.6 is 0 Å². The van der Waals surface area contributed by atoms with Gasteiger partial charge in [-0.2, -0.15) is 0 Å². The zero-order valence-electron chi connectivity index (χ0n) is 64.1. The summed E-state index contributed by atoms with van der Waals surface area (Å²) in [6.45, 7) is 2.79. The number of aliphatic hydroxyl groups excluding tert-OH is 8. The quantitative estimate of drug-likeness (QED) is 0.0204. The van der Waals surface area contributed by atoms with Crippen molar-refractivity contribution >= 4 is 5.91 Å². The van der Waals surface area contributed by atoms with E-state index < -0.39 is 86.8 Å². The van der Waals surface area contributed by atoms with Crippen molar-refractivity contribution in [1.82, 2.24) is 5.32 Å². The number of aliphatic hydroxyl groups is 8. The van der Waals surface area contributed by atoms with E-state index in [9.17, 15) is 45.6 Å². The van der Waals surface area contributed by atoms with E-state index in [1.807, 2.05) is 0 Å². The molecule has 0 aromatic carbocycles. The summed E-state index contributed by atoms with van der Waals surface area (Å²) in [4.78, 5) is 13.4. The molecule has 0 saturated carbocycles. The number of ether oxygens (including phenoxy) is 4. The fourth-order valence-electron chi connectivity index (χ4n) is 13.2. The van der Waals surface area contributed by atoms with Gasteiger partial charge >= 0.3 is 0 Å². The SMILES string of the molecule is CC/C=C\C/C=C\C/C=C\C/C=C\C/C=C\C/C=C\C/C=C\C/C=C\C/C=C\CCCCCCCCCCCC(=O)NC(COC1OC(CO)C(OC2OC(CO)C(O)C(O)C2O)C(O)C1O)C(O)CCCCCCCCCCCCCCCCCCCCCCCCCCCCCCCC. The van der Waals surface area contributed by atoms with Crippen LogP contribution in [0.25, 0.3) is 0 Å². The van der Waals surface area contributed by atoms with Gasteiger partial charge in [-0.25, -0.2) is 0 Å². The van der Waals surface area contributed by atoms with Crippen molar-refractivity contribution in [3.63, 3.8) is 0 Å². The van der Waals surface area contributed by atoms with Gasteiger partial charge in [0.05, 0.1) is 32.0 Å². The third-order valence-electron chi connectivity index (χ3n) is 19.8. The van der Waals surface area contributed by atoms with Crippen LogP contribution in [0.1, 0.15) is 341 Å². The van der Waals surface area contributed by atoms with Crippen molar-refractivity contribution in [3.8, 4) is 0 Å². The average molecular weight is 1420 g/mol. The van der Waals surface area contributed by atoms with Crippen molar-refractivity contribution in [3.05, 3.63) is 109 Å². The van der Waals surface area contributed by atoms with Crippen LogP contribution in [0.15, 0.2) is 109 Å². The van der Waals surface area contributed by atoms with Crippen molar-refractivity contribution in [2.45, 2.75) is 415 Å². The molecule has 12 atom stereocenters. The van der Waals surface area contributed by atoms with Crippen molar-refractivity contribution in [1.29, 1.82) is 0 Å². The van der Waals surface area contributed by atoms with Gasteiger partial charge in [-0.1, -0.05) is 361 Å². The van der Waals surface area contributed by atoms with Crippen LogP contribution < -0.4 is 5.32 Å². The molecule has 14 heteroatoms. The van der Waals surface area contributed by atoms with E-state index in [-0.39, 0.29) is 12.5 Å². The first-order valence-electron chi connectivity index (χ1n) is 41.6. The molecule has 9 N–H and O–H groups in total. The van der Waals surface area contributed by atoms with E-state index in [0.29, 0.717) is 19.3 Å². The fraction of sp³-hybridized carbons (Fsp3) is 0.782. The molecule has 0 radical (unpaired) electrons. The molecule has 2 aliphatic heterocycles. The van der Waals surface area contributed by atoms with Crippen molar-refractivity contribution in [2.75, 3.05) is 19.8 Å². The molecule has 0 aromatic rings. The minimum atomic E-state index is -1.79. The van der Waals surface area contributed by atoms with Crippen molar-refractivity contribution in [2.24, 2.45) is 0 Å². The Balaban J connectivity index is 1.61.